The fraction of sp³-hybridized carbons (Fsp3) is 0.267. The second kappa shape index (κ2) is 5.87. The first-order chi connectivity index (χ1) is 10.2. The minimum atomic E-state index is -0.350. The Balaban J connectivity index is 1.61. The summed E-state index contributed by atoms with van der Waals surface area (Å²) in [6.07, 6.45) is 5.33. The molecule has 1 saturated heterocycles. The fourth-order valence-corrected chi connectivity index (χ4v) is 2.30. The van der Waals surface area contributed by atoms with Crippen LogP contribution < -0.4 is 4.74 Å². The summed E-state index contributed by atoms with van der Waals surface area (Å²) in [6, 6.07) is 5.57. The van der Waals surface area contributed by atoms with Gasteiger partial charge in [-0.2, -0.15) is 0 Å². The highest BCUT2D eigenvalue weighted by Crippen LogP contribution is 2.18. The maximum atomic E-state index is 12.9. The highest BCUT2D eigenvalue weighted by Gasteiger charge is 2.28. The van der Waals surface area contributed by atoms with Crippen molar-refractivity contribution >= 4 is 5.91 Å². The van der Waals surface area contributed by atoms with Crippen molar-refractivity contribution in [2.75, 3.05) is 13.1 Å². The highest BCUT2D eigenvalue weighted by molar-refractivity contribution is 5.94. The summed E-state index contributed by atoms with van der Waals surface area (Å²) >= 11 is 0. The molecule has 0 saturated carbocycles. The second-order valence-electron chi connectivity index (χ2n) is 4.83. The number of benzene rings is 1. The molecule has 1 atom stereocenters. The predicted octanol–water partition coefficient (Wildman–Crippen LogP) is 1.91. The first-order valence-electron chi connectivity index (χ1n) is 6.70. The highest BCUT2D eigenvalue weighted by atomic mass is 19.1. The lowest BCUT2D eigenvalue weighted by molar-refractivity contribution is 0.0771. The third kappa shape index (κ3) is 3.16. The Morgan fingerprint density at radius 2 is 2.10 bits per heavy atom. The molecule has 1 unspecified atom stereocenters. The maximum Gasteiger partial charge on any atom is 0.253 e. The van der Waals surface area contributed by atoms with Crippen molar-refractivity contribution in [3.8, 4) is 5.88 Å². The third-order valence-corrected chi connectivity index (χ3v) is 3.35. The number of hydrogen-bond acceptors (Lipinski definition) is 4. The molecule has 2 aromatic rings. The van der Waals surface area contributed by atoms with Crippen molar-refractivity contribution in [3.63, 3.8) is 0 Å². The summed E-state index contributed by atoms with van der Waals surface area (Å²) in [6.45, 7) is 1.11. The van der Waals surface area contributed by atoms with E-state index in [0.29, 0.717) is 24.5 Å². The Morgan fingerprint density at radius 3 is 2.81 bits per heavy atom. The van der Waals surface area contributed by atoms with Crippen LogP contribution in [0, 0.1) is 5.82 Å². The molecule has 1 aromatic carbocycles. The zero-order valence-electron chi connectivity index (χ0n) is 11.3. The third-order valence-electron chi connectivity index (χ3n) is 3.35. The van der Waals surface area contributed by atoms with Crippen molar-refractivity contribution in [1.82, 2.24) is 14.9 Å². The molecular formula is C15H14FN3O2. The lowest BCUT2D eigenvalue weighted by atomic mass is 10.2. The molecule has 1 aromatic heterocycles. The Hall–Kier alpha value is -2.50. The number of amides is 1. The summed E-state index contributed by atoms with van der Waals surface area (Å²) < 4.78 is 18.6. The van der Waals surface area contributed by atoms with E-state index in [9.17, 15) is 9.18 Å². The van der Waals surface area contributed by atoms with Gasteiger partial charge in [-0.3, -0.25) is 9.78 Å². The van der Waals surface area contributed by atoms with E-state index in [4.69, 9.17) is 4.74 Å². The van der Waals surface area contributed by atoms with Gasteiger partial charge < -0.3 is 9.64 Å². The standard InChI is InChI=1S/C15H14FN3O2/c16-12-3-1-11(2-4-12)15(20)19-8-5-13(10-19)21-14-9-17-6-7-18-14/h1-4,6-7,9,13H,5,8,10H2. The van der Waals surface area contributed by atoms with Gasteiger partial charge in [0.1, 0.15) is 11.9 Å². The molecule has 1 fully saturated rings. The average molecular weight is 287 g/mol. The van der Waals surface area contributed by atoms with E-state index >= 15 is 0 Å². The van der Waals surface area contributed by atoms with Gasteiger partial charge in [0, 0.05) is 30.9 Å². The van der Waals surface area contributed by atoms with E-state index in [-0.39, 0.29) is 17.8 Å². The topological polar surface area (TPSA) is 55.3 Å². The lowest BCUT2D eigenvalue weighted by Gasteiger charge is -2.16. The summed E-state index contributed by atoms with van der Waals surface area (Å²) in [5, 5.41) is 0. The number of halogens is 1. The van der Waals surface area contributed by atoms with Gasteiger partial charge in [0.25, 0.3) is 5.91 Å². The molecule has 5 nitrogen and oxygen atoms in total. The van der Waals surface area contributed by atoms with Crippen LogP contribution in [0.4, 0.5) is 4.39 Å². The molecule has 6 heteroatoms. The number of nitrogens with zero attached hydrogens (tertiary/aromatic N) is 3. The number of hydrogen-bond donors (Lipinski definition) is 0. The van der Waals surface area contributed by atoms with Crippen molar-refractivity contribution in [2.45, 2.75) is 12.5 Å². The number of ether oxygens (including phenoxy) is 1. The first-order valence-corrected chi connectivity index (χ1v) is 6.70. The monoisotopic (exact) mass is 287 g/mol. The van der Waals surface area contributed by atoms with Crippen LogP contribution in [0.15, 0.2) is 42.9 Å². The summed E-state index contributed by atoms with van der Waals surface area (Å²) in [7, 11) is 0. The van der Waals surface area contributed by atoms with Gasteiger partial charge in [0.2, 0.25) is 5.88 Å². The fourth-order valence-electron chi connectivity index (χ4n) is 2.30. The minimum absolute atomic E-state index is 0.0916. The van der Waals surface area contributed by atoms with Crippen LogP contribution in [-0.2, 0) is 0 Å². The number of rotatable bonds is 3. The van der Waals surface area contributed by atoms with E-state index in [0.717, 1.165) is 6.42 Å². The van der Waals surface area contributed by atoms with Gasteiger partial charge >= 0.3 is 0 Å². The van der Waals surface area contributed by atoms with Crippen molar-refractivity contribution in [3.05, 3.63) is 54.2 Å². The van der Waals surface area contributed by atoms with Gasteiger partial charge in [0.15, 0.2) is 0 Å². The van der Waals surface area contributed by atoms with E-state index in [2.05, 4.69) is 9.97 Å². The molecule has 0 N–H and O–H groups in total. The van der Waals surface area contributed by atoms with Gasteiger partial charge in [0.05, 0.1) is 12.7 Å². The molecule has 0 aliphatic carbocycles. The van der Waals surface area contributed by atoms with E-state index in [1.54, 1.807) is 23.5 Å². The number of carbonyl (C=O) groups is 1. The molecule has 1 amide bonds. The van der Waals surface area contributed by atoms with Crippen LogP contribution in [0.3, 0.4) is 0 Å². The number of aromatic nitrogens is 2. The number of carbonyl (C=O) groups excluding carboxylic acids is 1. The van der Waals surface area contributed by atoms with E-state index in [1.165, 1.54) is 24.3 Å². The molecular weight excluding hydrogens is 273 g/mol. The van der Waals surface area contributed by atoms with E-state index < -0.39 is 0 Å². The van der Waals surface area contributed by atoms with Crippen molar-refractivity contribution in [1.29, 1.82) is 0 Å². The van der Waals surface area contributed by atoms with Crippen LogP contribution >= 0.6 is 0 Å². The molecule has 1 aliphatic rings. The molecule has 21 heavy (non-hydrogen) atoms. The molecule has 2 heterocycles. The lowest BCUT2D eigenvalue weighted by Crippen LogP contribution is -2.31. The zero-order valence-corrected chi connectivity index (χ0v) is 11.3. The molecule has 1 aliphatic heterocycles. The smallest absolute Gasteiger partial charge is 0.253 e. The van der Waals surface area contributed by atoms with Crippen molar-refractivity contribution < 1.29 is 13.9 Å². The quantitative estimate of drug-likeness (QED) is 0.865. The van der Waals surface area contributed by atoms with Crippen LogP contribution in [0.2, 0.25) is 0 Å². The Kier molecular flexibility index (Phi) is 3.77. The van der Waals surface area contributed by atoms with Crippen LogP contribution in [0.1, 0.15) is 16.8 Å². The van der Waals surface area contributed by atoms with Gasteiger partial charge in [-0.25, -0.2) is 9.37 Å². The average Bonchev–Trinajstić information content (AvgIpc) is 2.97. The Morgan fingerprint density at radius 1 is 1.29 bits per heavy atom. The zero-order chi connectivity index (χ0) is 14.7. The molecule has 3 rings (SSSR count). The summed E-state index contributed by atoms with van der Waals surface area (Å²) in [4.78, 5) is 22.0. The SMILES string of the molecule is O=C(c1ccc(F)cc1)N1CCC(Oc2cnccn2)C1. The summed E-state index contributed by atoms with van der Waals surface area (Å²) in [5.41, 5.74) is 0.483. The Bertz CT molecular complexity index is 619. The van der Waals surface area contributed by atoms with Crippen molar-refractivity contribution in [2.24, 2.45) is 0 Å². The van der Waals surface area contributed by atoms with Crippen LogP contribution in [0.25, 0.3) is 0 Å². The molecule has 0 radical (unpaired) electrons. The molecule has 0 bridgehead atoms. The van der Waals surface area contributed by atoms with Gasteiger partial charge in [-0.15, -0.1) is 0 Å². The Labute approximate surface area is 121 Å². The first kappa shape index (κ1) is 13.5. The maximum absolute atomic E-state index is 12.9. The van der Waals surface area contributed by atoms with Gasteiger partial charge in [-0.05, 0) is 24.3 Å². The second-order valence-corrected chi connectivity index (χ2v) is 4.83. The summed E-state index contributed by atoms with van der Waals surface area (Å²) in [5.74, 6) is -0.00402. The normalized spacial score (nSPS) is 17.8. The molecule has 108 valence electrons. The minimum Gasteiger partial charge on any atom is -0.471 e. The van der Waals surface area contributed by atoms with Gasteiger partial charge in [-0.1, -0.05) is 0 Å². The van der Waals surface area contributed by atoms with Crippen LogP contribution in [0.5, 0.6) is 5.88 Å². The largest absolute Gasteiger partial charge is 0.471 e. The molecule has 0 spiro atoms. The van der Waals surface area contributed by atoms with E-state index in [1.807, 2.05) is 0 Å². The predicted molar refractivity (Wildman–Crippen MR) is 73.4 cm³/mol. The van der Waals surface area contributed by atoms with Crippen LogP contribution in [-0.4, -0.2) is 40.0 Å². The number of likely N-dealkylation sites (tertiary alicyclic amines) is 1.